The number of nitrogens with zero attached hydrogens (tertiary/aromatic N) is 1. The maximum Gasteiger partial charge on any atom is 0.389 e. The van der Waals surface area contributed by atoms with Crippen molar-refractivity contribution in [2.24, 2.45) is 0 Å². The van der Waals surface area contributed by atoms with Crippen LogP contribution >= 0.6 is 0 Å². The molecule has 0 aliphatic carbocycles. The molecule has 106 valence electrons. The van der Waals surface area contributed by atoms with Crippen LogP contribution in [0.2, 0.25) is 0 Å². The van der Waals surface area contributed by atoms with E-state index >= 15 is 0 Å². The Morgan fingerprint density at radius 1 is 1.32 bits per heavy atom. The second-order valence-corrected chi connectivity index (χ2v) is 5.03. The first-order chi connectivity index (χ1) is 8.96. The van der Waals surface area contributed by atoms with E-state index in [1.165, 1.54) is 11.3 Å². The first-order valence-corrected chi connectivity index (χ1v) is 6.56. The van der Waals surface area contributed by atoms with Crippen molar-refractivity contribution >= 4 is 5.69 Å². The summed E-state index contributed by atoms with van der Waals surface area (Å²) >= 11 is 0. The van der Waals surface area contributed by atoms with Crippen LogP contribution in [0.1, 0.15) is 24.0 Å². The third kappa shape index (κ3) is 4.13. The predicted octanol–water partition coefficient (Wildman–Crippen LogP) is 3.11. The van der Waals surface area contributed by atoms with E-state index in [9.17, 15) is 13.2 Å². The minimum Gasteiger partial charge on any atom is -0.374 e. The number of alkyl halides is 3. The van der Waals surface area contributed by atoms with Gasteiger partial charge >= 0.3 is 6.18 Å². The molecule has 1 N–H and O–H groups in total. The van der Waals surface area contributed by atoms with Crippen LogP contribution in [0.15, 0.2) is 18.2 Å². The van der Waals surface area contributed by atoms with Gasteiger partial charge in [0.15, 0.2) is 0 Å². The number of fused-ring (bicyclic) bond motifs is 1. The van der Waals surface area contributed by atoms with Gasteiger partial charge in [0.05, 0.1) is 0 Å². The van der Waals surface area contributed by atoms with E-state index in [0.29, 0.717) is 13.1 Å². The Morgan fingerprint density at radius 2 is 2.11 bits per heavy atom. The summed E-state index contributed by atoms with van der Waals surface area (Å²) in [5, 5.41) is 3.06. The van der Waals surface area contributed by atoms with E-state index in [1.54, 1.807) is 0 Å². The molecule has 0 amide bonds. The van der Waals surface area contributed by atoms with Crippen molar-refractivity contribution in [1.82, 2.24) is 5.32 Å². The number of nitrogens with one attached hydrogen (secondary N) is 1. The van der Waals surface area contributed by atoms with Crippen LogP contribution in [0.4, 0.5) is 18.9 Å². The fourth-order valence-electron chi connectivity index (χ4n) is 2.38. The summed E-state index contributed by atoms with van der Waals surface area (Å²) in [6.45, 7) is 2.07. The molecule has 0 unspecified atom stereocenters. The Labute approximate surface area is 111 Å². The molecule has 0 radical (unpaired) electrons. The number of halogens is 3. The van der Waals surface area contributed by atoms with Gasteiger partial charge in [-0.25, -0.2) is 0 Å². The number of anilines is 1. The van der Waals surface area contributed by atoms with Crippen LogP contribution in [-0.2, 0) is 13.0 Å². The van der Waals surface area contributed by atoms with E-state index in [-0.39, 0.29) is 6.42 Å². The highest BCUT2D eigenvalue weighted by molar-refractivity contribution is 5.58. The van der Waals surface area contributed by atoms with Gasteiger partial charge in [0.1, 0.15) is 0 Å². The summed E-state index contributed by atoms with van der Waals surface area (Å²) in [6.07, 6.45) is -3.57. The molecule has 1 aromatic rings. The van der Waals surface area contributed by atoms with Crippen molar-refractivity contribution in [2.75, 3.05) is 25.0 Å². The Kier molecular flexibility index (Phi) is 4.34. The molecule has 0 saturated heterocycles. The van der Waals surface area contributed by atoms with Gasteiger partial charge in [-0.1, -0.05) is 12.1 Å². The first-order valence-electron chi connectivity index (χ1n) is 6.56. The van der Waals surface area contributed by atoms with Crippen LogP contribution in [0.3, 0.4) is 0 Å². The third-order valence-corrected chi connectivity index (χ3v) is 3.41. The Morgan fingerprint density at radius 3 is 2.84 bits per heavy atom. The zero-order valence-corrected chi connectivity index (χ0v) is 11.1. The number of hydrogen-bond donors (Lipinski definition) is 1. The van der Waals surface area contributed by atoms with Crippen molar-refractivity contribution in [3.63, 3.8) is 0 Å². The van der Waals surface area contributed by atoms with E-state index in [4.69, 9.17) is 0 Å². The normalized spacial score (nSPS) is 14.8. The van der Waals surface area contributed by atoms with Crippen molar-refractivity contribution in [2.45, 2.75) is 32.0 Å². The van der Waals surface area contributed by atoms with Gasteiger partial charge in [-0.3, -0.25) is 0 Å². The number of benzene rings is 1. The molecule has 2 rings (SSSR count). The van der Waals surface area contributed by atoms with Crippen molar-refractivity contribution in [3.8, 4) is 0 Å². The number of rotatable bonds is 5. The van der Waals surface area contributed by atoms with Gasteiger partial charge in [0.2, 0.25) is 0 Å². The van der Waals surface area contributed by atoms with Crippen LogP contribution in [0.5, 0.6) is 0 Å². The molecule has 0 aromatic heterocycles. The molecule has 1 aliphatic heterocycles. The third-order valence-electron chi connectivity index (χ3n) is 3.41. The van der Waals surface area contributed by atoms with Crippen molar-refractivity contribution in [1.29, 1.82) is 0 Å². The van der Waals surface area contributed by atoms with Crippen LogP contribution in [0, 0.1) is 0 Å². The largest absolute Gasteiger partial charge is 0.389 e. The summed E-state index contributed by atoms with van der Waals surface area (Å²) in [5.74, 6) is 0. The van der Waals surface area contributed by atoms with Gasteiger partial charge in [-0.2, -0.15) is 13.2 Å². The first kappa shape index (κ1) is 14.2. The molecule has 19 heavy (non-hydrogen) atoms. The molecule has 1 heterocycles. The van der Waals surface area contributed by atoms with Gasteiger partial charge in [0.25, 0.3) is 0 Å². The average Bonchev–Trinajstić information content (AvgIpc) is 2.69. The van der Waals surface area contributed by atoms with Gasteiger partial charge in [0, 0.05) is 32.2 Å². The Balaban J connectivity index is 1.75. The summed E-state index contributed by atoms with van der Waals surface area (Å²) < 4.78 is 35.9. The summed E-state index contributed by atoms with van der Waals surface area (Å²) in [7, 11) is 2.07. The molecular weight excluding hydrogens is 253 g/mol. The van der Waals surface area contributed by atoms with Gasteiger partial charge in [-0.05, 0) is 36.6 Å². The highest BCUT2D eigenvalue weighted by Crippen LogP contribution is 2.27. The zero-order valence-electron chi connectivity index (χ0n) is 11.1. The lowest BCUT2D eigenvalue weighted by atomic mass is 10.1. The average molecular weight is 272 g/mol. The summed E-state index contributed by atoms with van der Waals surface area (Å²) in [4.78, 5) is 2.22. The molecular formula is C14H19F3N2. The molecule has 1 aromatic carbocycles. The van der Waals surface area contributed by atoms with Gasteiger partial charge in [-0.15, -0.1) is 0 Å². The standard InChI is InChI=1S/C14H19F3N2/c1-19-8-5-12-9-11(3-4-13(12)19)10-18-7-2-6-14(15,16)17/h3-4,9,18H,2,5-8,10H2,1H3. The highest BCUT2D eigenvalue weighted by atomic mass is 19.4. The van der Waals surface area contributed by atoms with E-state index in [2.05, 4.69) is 29.4 Å². The SMILES string of the molecule is CN1CCc2cc(CNCCCC(F)(F)F)ccc21. The topological polar surface area (TPSA) is 15.3 Å². The molecule has 0 fully saturated rings. The molecule has 0 atom stereocenters. The van der Waals surface area contributed by atoms with Crippen molar-refractivity contribution < 1.29 is 13.2 Å². The van der Waals surface area contributed by atoms with E-state index < -0.39 is 12.6 Å². The molecule has 2 nitrogen and oxygen atoms in total. The van der Waals surface area contributed by atoms with Crippen LogP contribution in [-0.4, -0.2) is 26.3 Å². The van der Waals surface area contributed by atoms with Gasteiger partial charge < -0.3 is 10.2 Å². The quantitative estimate of drug-likeness (QED) is 0.829. The molecule has 0 spiro atoms. The minimum atomic E-state index is -4.04. The maximum absolute atomic E-state index is 12.0. The monoisotopic (exact) mass is 272 g/mol. The second kappa shape index (κ2) is 5.82. The fraction of sp³-hybridized carbons (Fsp3) is 0.571. The predicted molar refractivity (Wildman–Crippen MR) is 70.4 cm³/mol. The molecule has 0 bridgehead atoms. The molecule has 1 aliphatic rings. The summed E-state index contributed by atoms with van der Waals surface area (Å²) in [5.41, 5.74) is 3.74. The van der Waals surface area contributed by atoms with Crippen LogP contribution < -0.4 is 10.2 Å². The second-order valence-electron chi connectivity index (χ2n) is 5.03. The zero-order chi connectivity index (χ0) is 13.9. The Bertz CT molecular complexity index is 429. The Hall–Kier alpha value is -1.23. The summed E-state index contributed by atoms with van der Waals surface area (Å²) in [6, 6.07) is 6.28. The van der Waals surface area contributed by atoms with Crippen LogP contribution in [0.25, 0.3) is 0 Å². The molecule has 5 heteroatoms. The van der Waals surface area contributed by atoms with E-state index in [1.807, 2.05) is 6.07 Å². The highest BCUT2D eigenvalue weighted by Gasteiger charge is 2.25. The maximum atomic E-state index is 12.0. The number of hydrogen-bond acceptors (Lipinski definition) is 2. The van der Waals surface area contributed by atoms with Crippen molar-refractivity contribution in [3.05, 3.63) is 29.3 Å². The lowest BCUT2D eigenvalue weighted by Gasteiger charge is -2.12. The smallest absolute Gasteiger partial charge is 0.374 e. The fourth-order valence-corrected chi connectivity index (χ4v) is 2.38. The lowest BCUT2D eigenvalue weighted by molar-refractivity contribution is -0.135. The minimum absolute atomic E-state index is 0.136. The van der Waals surface area contributed by atoms with E-state index in [0.717, 1.165) is 18.5 Å². The number of likely N-dealkylation sites (N-methyl/N-ethyl adjacent to an activating group) is 1. The molecule has 0 saturated carbocycles. The lowest BCUT2D eigenvalue weighted by Crippen LogP contribution is -2.17.